The van der Waals surface area contributed by atoms with Gasteiger partial charge in [-0.3, -0.25) is 9.69 Å². The summed E-state index contributed by atoms with van der Waals surface area (Å²) in [6.45, 7) is 2.10. The highest BCUT2D eigenvalue weighted by Gasteiger charge is 2.43. The lowest BCUT2D eigenvalue weighted by Crippen LogP contribution is -2.49. The van der Waals surface area contributed by atoms with Gasteiger partial charge >= 0.3 is 6.18 Å². The van der Waals surface area contributed by atoms with Gasteiger partial charge in [0.25, 0.3) is 0 Å². The molecule has 0 spiro atoms. The zero-order valence-corrected chi connectivity index (χ0v) is 18.2. The van der Waals surface area contributed by atoms with Crippen molar-refractivity contribution < 1.29 is 22.7 Å². The predicted octanol–water partition coefficient (Wildman–Crippen LogP) is 4.61. The lowest BCUT2D eigenvalue weighted by Gasteiger charge is -2.38. The fraction of sp³-hybridized carbons (Fsp3) is 0.500. The Labute approximate surface area is 187 Å². The van der Waals surface area contributed by atoms with E-state index in [1.165, 1.54) is 4.68 Å². The van der Waals surface area contributed by atoms with Crippen molar-refractivity contribution in [3.05, 3.63) is 39.6 Å². The van der Waals surface area contributed by atoms with E-state index in [1.54, 1.807) is 13.2 Å². The third kappa shape index (κ3) is 4.36. The van der Waals surface area contributed by atoms with Crippen molar-refractivity contribution >= 4 is 35.2 Å². The second-order valence-electron chi connectivity index (χ2n) is 7.66. The molecule has 11 heteroatoms. The molecule has 4 rings (SSSR count). The molecule has 0 N–H and O–H groups in total. The Morgan fingerprint density at radius 3 is 2.42 bits per heavy atom. The zero-order chi connectivity index (χ0) is 22.3. The molecule has 2 aromatic rings. The van der Waals surface area contributed by atoms with Crippen molar-refractivity contribution in [2.45, 2.75) is 31.1 Å². The summed E-state index contributed by atoms with van der Waals surface area (Å²) in [5.41, 5.74) is 0.0921. The largest absolute Gasteiger partial charge is 0.495 e. The van der Waals surface area contributed by atoms with Crippen LogP contribution in [0.4, 0.5) is 18.9 Å². The molecule has 1 aromatic heterocycles. The predicted molar refractivity (Wildman–Crippen MR) is 111 cm³/mol. The van der Waals surface area contributed by atoms with E-state index in [0.717, 1.165) is 18.5 Å². The Morgan fingerprint density at radius 1 is 1.19 bits per heavy atom. The SMILES string of the molecule is COc1cc(N2CCN(C(C=O)n3nc(C(F)(F)F)c(Cl)c3C3CC3)CC2)ccc1Cl. The van der Waals surface area contributed by atoms with Crippen LogP contribution in [0, 0.1) is 0 Å². The third-order valence-electron chi connectivity index (χ3n) is 5.68. The summed E-state index contributed by atoms with van der Waals surface area (Å²) in [7, 11) is 1.54. The van der Waals surface area contributed by atoms with Gasteiger partial charge < -0.3 is 9.64 Å². The topological polar surface area (TPSA) is 50.6 Å². The van der Waals surface area contributed by atoms with Crippen LogP contribution in [-0.2, 0) is 11.0 Å². The van der Waals surface area contributed by atoms with Crippen LogP contribution in [0.15, 0.2) is 18.2 Å². The molecule has 1 aliphatic carbocycles. The lowest BCUT2D eigenvalue weighted by molar-refractivity contribution is -0.142. The van der Waals surface area contributed by atoms with Gasteiger partial charge in [-0.15, -0.1) is 0 Å². The number of ether oxygens (including phenoxy) is 1. The first-order chi connectivity index (χ1) is 14.7. The number of aromatic nitrogens is 2. The minimum Gasteiger partial charge on any atom is -0.495 e. The molecule has 31 heavy (non-hydrogen) atoms. The number of carbonyl (C=O) groups excluding carboxylic acids is 1. The first-order valence-electron chi connectivity index (χ1n) is 9.87. The number of hydrogen-bond donors (Lipinski definition) is 0. The van der Waals surface area contributed by atoms with E-state index in [-0.39, 0.29) is 5.92 Å². The van der Waals surface area contributed by atoms with Gasteiger partial charge in [0.05, 0.1) is 22.8 Å². The van der Waals surface area contributed by atoms with Gasteiger partial charge in [0.1, 0.15) is 5.75 Å². The Kier molecular flexibility index (Phi) is 6.11. The van der Waals surface area contributed by atoms with Crippen molar-refractivity contribution in [2.24, 2.45) is 0 Å². The maximum absolute atomic E-state index is 13.4. The van der Waals surface area contributed by atoms with Crippen LogP contribution in [0.5, 0.6) is 5.75 Å². The molecule has 0 bridgehead atoms. The standard InChI is InChI=1S/C20H21Cl2F3N4O2/c1-31-15-10-13(4-5-14(15)21)27-6-8-28(9-7-27)16(11-30)29-18(12-2-3-12)17(22)19(26-29)20(23,24)25/h4-5,10-12,16H,2-3,6-9H2,1H3. The van der Waals surface area contributed by atoms with Crippen molar-refractivity contribution in [2.75, 3.05) is 38.2 Å². The van der Waals surface area contributed by atoms with E-state index in [1.807, 2.05) is 17.0 Å². The average Bonchev–Trinajstić information content (AvgIpc) is 3.51. The smallest absolute Gasteiger partial charge is 0.436 e. The molecule has 1 saturated carbocycles. The summed E-state index contributed by atoms with van der Waals surface area (Å²) >= 11 is 12.2. The number of methoxy groups -OCH3 is 1. The van der Waals surface area contributed by atoms with Crippen molar-refractivity contribution in [3.63, 3.8) is 0 Å². The second-order valence-corrected chi connectivity index (χ2v) is 8.44. The van der Waals surface area contributed by atoms with Gasteiger partial charge in [0, 0.05) is 43.9 Å². The number of benzene rings is 1. The average molecular weight is 477 g/mol. The fourth-order valence-electron chi connectivity index (χ4n) is 3.92. The molecule has 0 radical (unpaired) electrons. The molecule has 1 aliphatic heterocycles. The van der Waals surface area contributed by atoms with Gasteiger partial charge in [-0.1, -0.05) is 23.2 Å². The fourth-order valence-corrected chi connectivity index (χ4v) is 4.50. The molecular formula is C20H21Cl2F3N4O2. The van der Waals surface area contributed by atoms with Crippen molar-refractivity contribution in [1.82, 2.24) is 14.7 Å². The van der Waals surface area contributed by atoms with Gasteiger partial charge in [0.2, 0.25) is 0 Å². The molecule has 1 aromatic carbocycles. The molecule has 1 atom stereocenters. The maximum atomic E-state index is 13.4. The number of carbonyl (C=O) groups is 1. The highest BCUT2D eigenvalue weighted by Crippen LogP contribution is 2.47. The minimum absolute atomic E-state index is 0.0960. The molecule has 2 heterocycles. The van der Waals surface area contributed by atoms with Gasteiger partial charge in [0.15, 0.2) is 18.1 Å². The molecule has 1 saturated heterocycles. The number of anilines is 1. The first kappa shape index (κ1) is 22.2. The van der Waals surface area contributed by atoms with Crippen LogP contribution in [-0.4, -0.2) is 54.3 Å². The van der Waals surface area contributed by atoms with Crippen LogP contribution in [0.25, 0.3) is 0 Å². The van der Waals surface area contributed by atoms with Crippen LogP contribution >= 0.6 is 23.2 Å². The number of halogens is 5. The monoisotopic (exact) mass is 476 g/mol. The molecule has 0 amide bonds. The van der Waals surface area contributed by atoms with Crippen LogP contribution in [0.1, 0.15) is 36.3 Å². The van der Waals surface area contributed by atoms with Crippen molar-refractivity contribution in [1.29, 1.82) is 0 Å². The Hall–Kier alpha value is -1.97. The summed E-state index contributed by atoms with van der Waals surface area (Å²) in [4.78, 5) is 15.9. The van der Waals surface area contributed by atoms with Gasteiger partial charge in [-0.2, -0.15) is 18.3 Å². The van der Waals surface area contributed by atoms with E-state index in [2.05, 4.69) is 10.00 Å². The normalized spacial score (nSPS) is 18.8. The highest BCUT2D eigenvalue weighted by atomic mass is 35.5. The first-order valence-corrected chi connectivity index (χ1v) is 10.6. The van der Waals surface area contributed by atoms with E-state index in [0.29, 0.717) is 48.9 Å². The summed E-state index contributed by atoms with van der Waals surface area (Å²) in [5.74, 6) is 0.466. The number of rotatable bonds is 6. The molecule has 2 aliphatic rings. The Bertz CT molecular complexity index is 970. The van der Waals surface area contributed by atoms with Crippen LogP contribution < -0.4 is 9.64 Å². The van der Waals surface area contributed by atoms with E-state index >= 15 is 0 Å². The number of piperazine rings is 1. The zero-order valence-electron chi connectivity index (χ0n) is 16.7. The van der Waals surface area contributed by atoms with Crippen LogP contribution in [0.3, 0.4) is 0 Å². The van der Waals surface area contributed by atoms with Gasteiger partial charge in [-0.05, 0) is 25.0 Å². The Balaban J connectivity index is 1.55. The molecule has 168 valence electrons. The Morgan fingerprint density at radius 2 is 1.87 bits per heavy atom. The molecule has 2 fully saturated rings. The summed E-state index contributed by atoms with van der Waals surface area (Å²) in [5, 5.41) is 3.85. The van der Waals surface area contributed by atoms with E-state index in [4.69, 9.17) is 27.9 Å². The minimum atomic E-state index is -4.67. The highest BCUT2D eigenvalue weighted by molar-refractivity contribution is 6.32. The summed E-state index contributed by atoms with van der Waals surface area (Å²) in [6, 6.07) is 5.47. The second kappa shape index (κ2) is 8.52. The lowest BCUT2D eigenvalue weighted by atomic mass is 10.2. The number of aldehydes is 1. The molecular weight excluding hydrogens is 456 g/mol. The molecule has 1 unspecified atom stereocenters. The molecule has 6 nitrogen and oxygen atoms in total. The number of hydrogen-bond acceptors (Lipinski definition) is 5. The summed E-state index contributed by atoms with van der Waals surface area (Å²) < 4.78 is 46.6. The quantitative estimate of drug-likeness (QED) is 0.569. The number of alkyl halides is 3. The van der Waals surface area contributed by atoms with E-state index in [9.17, 15) is 18.0 Å². The maximum Gasteiger partial charge on any atom is 0.436 e. The summed E-state index contributed by atoms with van der Waals surface area (Å²) in [6.07, 6.45) is -3.51. The van der Waals surface area contributed by atoms with Gasteiger partial charge in [-0.25, -0.2) is 4.68 Å². The van der Waals surface area contributed by atoms with E-state index < -0.39 is 23.1 Å². The van der Waals surface area contributed by atoms with Crippen LogP contribution in [0.2, 0.25) is 10.0 Å². The third-order valence-corrected chi connectivity index (χ3v) is 6.37. The van der Waals surface area contributed by atoms with Crippen molar-refractivity contribution in [3.8, 4) is 5.75 Å². The number of nitrogens with zero attached hydrogens (tertiary/aromatic N) is 4.